The van der Waals surface area contributed by atoms with E-state index in [1.54, 1.807) is 13.8 Å². The molecule has 1 atom stereocenters. The number of nitrogens with one attached hydrogen (secondary N) is 1. The molecule has 0 aliphatic carbocycles. The zero-order chi connectivity index (χ0) is 15.6. The third kappa shape index (κ3) is 3.46. The quantitative estimate of drug-likeness (QED) is 0.934. The number of carboxylic acids is 1. The summed E-state index contributed by atoms with van der Waals surface area (Å²) in [5, 5.41) is 14.2. The molecular weight excluding hydrogens is 288 g/mol. The van der Waals surface area contributed by atoms with Crippen molar-refractivity contribution in [3.63, 3.8) is 0 Å². The molecule has 0 saturated heterocycles. The van der Waals surface area contributed by atoms with Crippen molar-refractivity contribution in [2.24, 2.45) is 0 Å². The van der Waals surface area contributed by atoms with Crippen LogP contribution in [0.2, 0.25) is 0 Å². The van der Waals surface area contributed by atoms with Crippen LogP contribution >= 0.6 is 11.3 Å². The maximum Gasteiger partial charge on any atom is 0.234 e. The number of thiazole rings is 1. The minimum Gasteiger partial charge on any atom is -0.544 e. The molecule has 0 aliphatic rings. The fourth-order valence-corrected chi connectivity index (χ4v) is 2.74. The SMILES string of the molecule is Cc1ccc(NC(=O)[C@@H](C)c2nc(C)c(C(=O)[O-])s2)cc1. The standard InChI is InChI=1S/C15H16N2O3S/c1-8-4-6-11(7-5-8)17-13(18)9(2)14-16-10(3)12(21-14)15(19)20/h4-7,9H,1-3H3,(H,17,18)(H,19,20)/p-1/t9-/m1/s1. The number of nitrogens with zero attached hydrogens (tertiary/aromatic N) is 1. The van der Waals surface area contributed by atoms with Gasteiger partial charge in [0.2, 0.25) is 5.91 Å². The molecule has 0 radical (unpaired) electrons. The van der Waals surface area contributed by atoms with Gasteiger partial charge in [0.15, 0.2) is 0 Å². The number of carbonyl (C=O) groups excluding carboxylic acids is 2. The highest BCUT2D eigenvalue weighted by molar-refractivity contribution is 7.13. The molecule has 0 unspecified atom stereocenters. The van der Waals surface area contributed by atoms with Crippen molar-refractivity contribution in [3.8, 4) is 0 Å². The van der Waals surface area contributed by atoms with Crippen LogP contribution in [0.4, 0.5) is 5.69 Å². The largest absolute Gasteiger partial charge is 0.544 e. The van der Waals surface area contributed by atoms with E-state index in [9.17, 15) is 14.7 Å². The lowest BCUT2D eigenvalue weighted by atomic mass is 10.1. The summed E-state index contributed by atoms with van der Waals surface area (Å²) in [6.45, 7) is 5.25. The number of aryl methyl sites for hydroxylation is 2. The van der Waals surface area contributed by atoms with E-state index >= 15 is 0 Å². The Morgan fingerprint density at radius 1 is 1.24 bits per heavy atom. The fourth-order valence-electron chi connectivity index (χ4n) is 1.79. The number of hydrogen-bond acceptors (Lipinski definition) is 5. The highest BCUT2D eigenvalue weighted by atomic mass is 32.1. The highest BCUT2D eigenvalue weighted by Crippen LogP contribution is 2.25. The molecule has 6 heteroatoms. The maximum atomic E-state index is 12.2. The van der Waals surface area contributed by atoms with Gasteiger partial charge in [-0.2, -0.15) is 0 Å². The van der Waals surface area contributed by atoms with Crippen molar-refractivity contribution in [1.82, 2.24) is 4.98 Å². The summed E-state index contributed by atoms with van der Waals surface area (Å²) in [4.78, 5) is 27.3. The molecule has 0 spiro atoms. The van der Waals surface area contributed by atoms with Gasteiger partial charge in [0.05, 0.1) is 22.5 Å². The summed E-state index contributed by atoms with van der Waals surface area (Å²) < 4.78 is 0. The normalized spacial score (nSPS) is 12.0. The van der Waals surface area contributed by atoms with Crippen molar-refractivity contribution in [2.45, 2.75) is 26.7 Å². The molecule has 0 saturated carbocycles. The van der Waals surface area contributed by atoms with Crippen LogP contribution < -0.4 is 10.4 Å². The summed E-state index contributed by atoms with van der Waals surface area (Å²) in [7, 11) is 0. The Bertz CT molecular complexity index is 677. The van der Waals surface area contributed by atoms with Crippen LogP contribution in [0.3, 0.4) is 0 Å². The third-order valence-electron chi connectivity index (χ3n) is 3.08. The lowest BCUT2D eigenvalue weighted by Gasteiger charge is -2.10. The monoisotopic (exact) mass is 303 g/mol. The summed E-state index contributed by atoms with van der Waals surface area (Å²) >= 11 is 0.983. The van der Waals surface area contributed by atoms with Crippen LogP contribution in [0, 0.1) is 13.8 Å². The van der Waals surface area contributed by atoms with Crippen LogP contribution in [0.15, 0.2) is 24.3 Å². The topological polar surface area (TPSA) is 82.1 Å². The van der Waals surface area contributed by atoms with E-state index in [1.807, 2.05) is 31.2 Å². The van der Waals surface area contributed by atoms with Crippen LogP contribution in [-0.2, 0) is 4.79 Å². The number of carboxylic acid groups (broad SMARTS) is 1. The molecule has 5 nitrogen and oxygen atoms in total. The Labute approximate surface area is 126 Å². The number of anilines is 1. The van der Waals surface area contributed by atoms with Crippen molar-refractivity contribution in [2.75, 3.05) is 5.32 Å². The number of hydrogen-bond donors (Lipinski definition) is 1. The molecule has 2 rings (SSSR count). The van der Waals surface area contributed by atoms with Crippen LogP contribution in [0.25, 0.3) is 0 Å². The first-order valence-electron chi connectivity index (χ1n) is 6.44. The third-order valence-corrected chi connectivity index (χ3v) is 4.40. The first-order chi connectivity index (χ1) is 9.88. The molecule has 0 bridgehead atoms. The zero-order valence-electron chi connectivity index (χ0n) is 12.0. The summed E-state index contributed by atoms with van der Waals surface area (Å²) in [5.74, 6) is -2.01. The van der Waals surface area contributed by atoms with Gasteiger partial charge in [-0.15, -0.1) is 11.3 Å². The Hall–Kier alpha value is -2.21. The molecule has 1 N–H and O–H groups in total. The molecule has 0 aliphatic heterocycles. The minimum absolute atomic E-state index is 0.0694. The van der Waals surface area contributed by atoms with E-state index in [-0.39, 0.29) is 10.8 Å². The second-order valence-electron chi connectivity index (χ2n) is 4.83. The lowest BCUT2D eigenvalue weighted by molar-refractivity contribution is -0.254. The zero-order valence-corrected chi connectivity index (χ0v) is 12.8. The van der Waals surface area contributed by atoms with Gasteiger partial charge < -0.3 is 15.2 Å². The predicted octanol–water partition coefficient (Wildman–Crippen LogP) is 1.87. The number of benzene rings is 1. The van der Waals surface area contributed by atoms with Gasteiger partial charge in [0.1, 0.15) is 5.01 Å². The summed E-state index contributed by atoms with van der Waals surface area (Å²) in [6.07, 6.45) is 0. The van der Waals surface area contributed by atoms with E-state index in [4.69, 9.17) is 0 Å². The van der Waals surface area contributed by atoms with E-state index < -0.39 is 11.9 Å². The van der Waals surface area contributed by atoms with Gasteiger partial charge in [0.25, 0.3) is 0 Å². The van der Waals surface area contributed by atoms with Gasteiger partial charge in [0, 0.05) is 5.69 Å². The van der Waals surface area contributed by atoms with E-state index in [2.05, 4.69) is 10.3 Å². The maximum absolute atomic E-state index is 12.2. The Morgan fingerprint density at radius 2 is 1.86 bits per heavy atom. The number of aromatic carboxylic acids is 1. The molecule has 21 heavy (non-hydrogen) atoms. The molecule has 2 aromatic rings. The molecule has 0 fully saturated rings. The predicted molar refractivity (Wildman–Crippen MR) is 79.4 cm³/mol. The Kier molecular flexibility index (Phi) is 4.37. The van der Waals surface area contributed by atoms with Gasteiger partial charge >= 0.3 is 0 Å². The van der Waals surface area contributed by atoms with Crippen molar-refractivity contribution in [1.29, 1.82) is 0 Å². The second-order valence-corrected chi connectivity index (χ2v) is 5.86. The molecule has 1 amide bonds. The molecule has 110 valence electrons. The van der Waals surface area contributed by atoms with Crippen molar-refractivity contribution >= 4 is 28.9 Å². The number of rotatable bonds is 4. The van der Waals surface area contributed by atoms with Crippen LogP contribution in [0.5, 0.6) is 0 Å². The van der Waals surface area contributed by atoms with Crippen LogP contribution in [0.1, 0.15) is 38.8 Å². The number of carbonyl (C=O) groups is 2. The first kappa shape index (κ1) is 15.2. The van der Waals surface area contributed by atoms with Crippen molar-refractivity contribution in [3.05, 3.63) is 45.4 Å². The number of aromatic nitrogens is 1. The number of amides is 1. The van der Waals surface area contributed by atoms with Crippen molar-refractivity contribution < 1.29 is 14.7 Å². The Balaban J connectivity index is 2.13. The minimum atomic E-state index is -1.26. The molecule has 1 aromatic carbocycles. The van der Waals surface area contributed by atoms with Crippen LogP contribution in [-0.4, -0.2) is 16.9 Å². The van der Waals surface area contributed by atoms with E-state index in [0.29, 0.717) is 16.4 Å². The molecular formula is C15H15N2O3S-. The second kappa shape index (κ2) is 6.05. The van der Waals surface area contributed by atoms with Gasteiger partial charge in [-0.1, -0.05) is 17.7 Å². The van der Waals surface area contributed by atoms with E-state index in [0.717, 1.165) is 16.9 Å². The Morgan fingerprint density at radius 3 is 2.38 bits per heavy atom. The van der Waals surface area contributed by atoms with E-state index in [1.165, 1.54) is 0 Å². The summed E-state index contributed by atoms with van der Waals surface area (Å²) in [5.41, 5.74) is 2.19. The average Bonchev–Trinajstić information content (AvgIpc) is 2.82. The molecule has 1 heterocycles. The first-order valence-corrected chi connectivity index (χ1v) is 7.26. The fraction of sp³-hybridized carbons (Fsp3) is 0.267. The highest BCUT2D eigenvalue weighted by Gasteiger charge is 2.21. The average molecular weight is 303 g/mol. The smallest absolute Gasteiger partial charge is 0.234 e. The van der Waals surface area contributed by atoms with Gasteiger partial charge in [-0.05, 0) is 32.9 Å². The molecule has 1 aromatic heterocycles. The van der Waals surface area contributed by atoms with Gasteiger partial charge in [-0.25, -0.2) is 4.98 Å². The summed E-state index contributed by atoms with van der Waals surface area (Å²) in [6, 6.07) is 7.45. The van der Waals surface area contributed by atoms with Gasteiger partial charge in [-0.3, -0.25) is 4.79 Å². The lowest BCUT2D eigenvalue weighted by Crippen LogP contribution is -2.21.